The summed E-state index contributed by atoms with van der Waals surface area (Å²) in [6, 6.07) is 0. The monoisotopic (exact) mass is 448 g/mol. The Hall–Kier alpha value is -1.62. The van der Waals surface area contributed by atoms with Crippen LogP contribution < -0.4 is 0 Å². The summed E-state index contributed by atoms with van der Waals surface area (Å²) >= 11 is 6.86. The molecule has 2 fully saturated rings. The molecule has 0 heterocycles. The lowest BCUT2D eigenvalue weighted by Crippen LogP contribution is -2.58. The highest BCUT2D eigenvalue weighted by atomic mass is 35.5. The van der Waals surface area contributed by atoms with Crippen molar-refractivity contribution in [1.29, 1.82) is 0 Å². The highest BCUT2D eigenvalue weighted by molar-refractivity contribution is 6.32. The molecular formula is C25H33ClO5. The minimum absolute atomic E-state index is 0.0503. The van der Waals surface area contributed by atoms with Gasteiger partial charge in [-0.25, -0.2) is 0 Å². The lowest BCUT2D eigenvalue weighted by Gasteiger charge is -2.58. The number of rotatable bonds is 3. The van der Waals surface area contributed by atoms with E-state index >= 15 is 0 Å². The number of ether oxygens (including phenoxy) is 2. The molecule has 0 aromatic carbocycles. The Morgan fingerprint density at radius 2 is 1.61 bits per heavy atom. The molecule has 0 unspecified atom stereocenters. The zero-order valence-electron chi connectivity index (χ0n) is 19.1. The van der Waals surface area contributed by atoms with Gasteiger partial charge in [0, 0.05) is 24.3 Å². The minimum atomic E-state index is -1.04. The predicted octanol–water partition coefficient (Wildman–Crippen LogP) is 5.11. The van der Waals surface area contributed by atoms with Crippen LogP contribution in [0.5, 0.6) is 0 Å². The summed E-state index contributed by atoms with van der Waals surface area (Å²) < 4.78 is 11.3. The molecule has 170 valence electrons. The van der Waals surface area contributed by atoms with E-state index in [0.29, 0.717) is 12.3 Å². The van der Waals surface area contributed by atoms with Gasteiger partial charge in [-0.05, 0) is 80.3 Å². The third-order valence-corrected chi connectivity index (χ3v) is 9.32. The average Bonchev–Trinajstić information content (AvgIpc) is 2.96. The fourth-order valence-electron chi connectivity index (χ4n) is 7.57. The van der Waals surface area contributed by atoms with E-state index in [1.54, 1.807) is 6.92 Å². The zero-order valence-corrected chi connectivity index (χ0v) is 19.9. The smallest absolute Gasteiger partial charge is 0.303 e. The molecule has 5 nitrogen and oxygen atoms in total. The van der Waals surface area contributed by atoms with Crippen molar-refractivity contribution in [3.63, 3.8) is 0 Å². The molecule has 31 heavy (non-hydrogen) atoms. The predicted molar refractivity (Wildman–Crippen MR) is 117 cm³/mol. The number of carbonyl (C=O) groups is 3. The first-order chi connectivity index (χ1) is 14.4. The summed E-state index contributed by atoms with van der Waals surface area (Å²) in [7, 11) is 0. The molecule has 0 radical (unpaired) electrons. The number of Topliss-reactive ketones (excluding diaryl/α,β-unsaturated/α-hetero) is 1. The molecule has 0 saturated heterocycles. The molecule has 4 rings (SSSR count). The quantitative estimate of drug-likeness (QED) is 0.561. The van der Waals surface area contributed by atoms with Crippen LogP contribution in [0.1, 0.15) is 73.1 Å². The van der Waals surface area contributed by atoms with Crippen molar-refractivity contribution in [2.45, 2.75) is 84.8 Å². The largest absolute Gasteiger partial charge is 0.458 e. The van der Waals surface area contributed by atoms with Gasteiger partial charge in [0.15, 0.2) is 11.4 Å². The standard InChI is InChI=1S/C25H33ClO5/c1-14(27)25(31-16(3)29)11-8-20-18-13-22(26)21-12-17(30-15(2)28)6-9-23(21,4)19(18)7-10-24(20,25)5/h12-13,17-20H,6-11H2,1-5H3/t17-,18+,19-,20-,23+,24-,25-/m0/s1. The van der Waals surface area contributed by atoms with Gasteiger partial charge < -0.3 is 9.47 Å². The van der Waals surface area contributed by atoms with E-state index in [-0.39, 0.29) is 35.1 Å². The summed E-state index contributed by atoms with van der Waals surface area (Å²) in [6.45, 7) is 8.82. The highest BCUT2D eigenvalue weighted by Gasteiger charge is 2.67. The van der Waals surface area contributed by atoms with E-state index in [9.17, 15) is 14.4 Å². The molecule has 6 heteroatoms. The van der Waals surface area contributed by atoms with Gasteiger partial charge >= 0.3 is 11.9 Å². The van der Waals surface area contributed by atoms with Gasteiger partial charge in [0.1, 0.15) is 6.10 Å². The Kier molecular flexibility index (Phi) is 5.44. The molecule has 4 aliphatic rings. The van der Waals surface area contributed by atoms with Gasteiger partial charge in [0.05, 0.1) is 0 Å². The number of hydrogen-bond donors (Lipinski definition) is 0. The van der Waals surface area contributed by atoms with Crippen molar-refractivity contribution in [3.05, 3.63) is 22.8 Å². The molecule has 4 aliphatic carbocycles. The zero-order chi connectivity index (χ0) is 22.8. The molecule has 2 saturated carbocycles. The number of allylic oxidation sites excluding steroid dienone is 3. The summed E-state index contributed by atoms with van der Waals surface area (Å²) in [5.74, 6) is 0.147. The second-order valence-electron chi connectivity index (χ2n) is 10.5. The molecule has 7 atom stereocenters. The summed E-state index contributed by atoms with van der Waals surface area (Å²) in [4.78, 5) is 36.2. The molecule has 0 N–H and O–H groups in total. The second kappa shape index (κ2) is 7.47. The third-order valence-electron chi connectivity index (χ3n) is 8.99. The van der Waals surface area contributed by atoms with Crippen LogP contribution in [0, 0.1) is 28.6 Å². The number of halogens is 1. The molecule has 0 aromatic rings. The number of fused-ring (bicyclic) bond motifs is 5. The van der Waals surface area contributed by atoms with Crippen LogP contribution >= 0.6 is 11.6 Å². The normalized spacial score (nSPS) is 43.5. The Balaban J connectivity index is 1.73. The van der Waals surface area contributed by atoms with Gasteiger partial charge in [-0.15, -0.1) is 0 Å². The van der Waals surface area contributed by atoms with Crippen molar-refractivity contribution in [2.24, 2.45) is 28.6 Å². The maximum atomic E-state index is 12.8. The fourth-order valence-corrected chi connectivity index (χ4v) is 8.00. The van der Waals surface area contributed by atoms with Crippen LogP contribution in [-0.4, -0.2) is 29.4 Å². The number of esters is 2. The van der Waals surface area contributed by atoms with E-state index in [1.807, 2.05) is 6.08 Å². The van der Waals surface area contributed by atoms with Crippen molar-refractivity contribution < 1.29 is 23.9 Å². The van der Waals surface area contributed by atoms with Gasteiger partial charge in [-0.3, -0.25) is 14.4 Å². The lowest BCUT2D eigenvalue weighted by atomic mass is 9.48. The molecule has 0 bridgehead atoms. The number of carbonyl (C=O) groups excluding carboxylic acids is 3. The lowest BCUT2D eigenvalue weighted by molar-refractivity contribution is -0.185. The topological polar surface area (TPSA) is 69.7 Å². The van der Waals surface area contributed by atoms with Crippen LogP contribution in [0.2, 0.25) is 0 Å². The van der Waals surface area contributed by atoms with E-state index in [0.717, 1.165) is 42.7 Å². The maximum Gasteiger partial charge on any atom is 0.303 e. The first kappa shape index (κ1) is 22.6. The number of ketones is 1. The van der Waals surface area contributed by atoms with Gasteiger partial charge in [-0.1, -0.05) is 31.5 Å². The minimum Gasteiger partial charge on any atom is -0.458 e. The maximum absolute atomic E-state index is 12.8. The van der Waals surface area contributed by atoms with E-state index in [1.165, 1.54) is 13.8 Å². The van der Waals surface area contributed by atoms with E-state index < -0.39 is 17.0 Å². The van der Waals surface area contributed by atoms with Gasteiger partial charge in [0.2, 0.25) is 0 Å². The summed E-state index contributed by atoms with van der Waals surface area (Å²) in [5.41, 5.74) is -0.436. The third kappa shape index (κ3) is 3.21. The van der Waals surface area contributed by atoms with E-state index in [2.05, 4.69) is 19.9 Å². The second-order valence-corrected chi connectivity index (χ2v) is 10.9. The summed E-state index contributed by atoms with van der Waals surface area (Å²) in [5, 5.41) is 0.734. The first-order valence-corrected chi connectivity index (χ1v) is 11.8. The fraction of sp³-hybridized carbons (Fsp3) is 0.720. The van der Waals surface area contributed by atoms with Crippen LogP contribution in [0.15, 0.2) is 22.8 Å². The van der Waals surface area contributed by atoms with Crippen molar-refractivity contribution in [3.8, 4) is 0 Å². The van der Waals surface area contributed by atoms with Crippen molar-refractivity contribution >= 4 is 29.3 Å². The van der Waals surface area contributed by atoms with Crippen LogP contribution in [0.25, 0.3) is 0 Å². The van der Waals surface area contributed by atoms with Gasteiger partial charge in [0.25, 0.3) is 0 Å². The molecular weight excluding hydrogens is 416 g/mol. The Bertz CT molecular complexity index is 890. The molecule has 0 aliphatic heterocycles. The number of hydrogen-bond acceptors (Lipinski definition) is 5. The van der Waals surface area contributed by atoms with E-state index in [4.69, 9.17) is 21.1 Å². The van der Waals surface area contributed by atoms with Crippen LogP contribution in [0.4, 0.5) is 0 Å². The van der Waals surface area contributed by atoms with Crippen molar-refractivity contribution in [1.82, 2.24) is 0 Å². The Morgan fingerprint density at radius 3 is 2.23 bits per heavy atom. The van der Waals surface area contributed by atoms with Crippen molar-refractivity contribution in [2.75, 3.05) is 0 Å². The molecule has 0 aromatic heterocycles. The first-order valence-electron chi connectivity index (χ1n) is 11.4. The highest BCUT2D eigenvalue weighted by Crippen LogP contribution is 2.68. The van der Waals surface area contributed by atoms with Crippen LogP contribution in [0.3, 0.4) is 0 Å². The molecule has 0 amide bonds. The SMILES string of the molecule is CC(=O)O[C@@H]1C=C2C(Cl)=C[C@@H]3[C@H](CC[C@@]4(C)[C@H]3CC[C@]4(OC(C)=O)C(C)=O)[C@@]2(C)CC1. The van der Waals surface area contributed by atoms with Gasteiger partial charge in [-0.2, -0.15) is 0 Å². The average molecular weight is 449 g/mol. The molecule has 0 spiro atoms. The Morgan fingerprint density at radius 1 is 0.935 bits per heavy atom. The summed E-state index contributed by atoms with van der Waals surface area (Å²) in [6.07, 6.45) is 8.89. The Labute approximate surface area is 189 Å². The van der Waals surface area contributed by atoms with Crippen LogP contribution in [-0.2, 0) is 23.9 Å².